The summed E-state index contributed by atoms with van der Waals surface area (Å²) >= 11 is 0. The second-order valence-electron chi connectivity index (χ2n) is 8.71. The molecule has 1 spiro atoms. The minimum atomic E-state index is -1.37. The number of phenols is 1. The predicted molar refractivity (Wildman–Crippen MR) is 103 cm³/mol. The standard InChI is InChI=1S/C22H25NO6/c1-12-3-6-15(24)18-17(12)21-9-10-23(20(26)28-11-14-4-5-14)13(2)22(21,27)8-7-16(25)19(21)29-18/h3-4,6,13,19,24,27H,5,7-11H2,1-2H3/t13-,19+,21+,22?/m1/s1. The molecule has 4 atom stereocenters. The zero-order valence-corrected chi connectivity index (χ0v) is 16.6. The second-order valence-corrected chi connectivity index (χ2v) is 8.71. The Morgan fingerprint density at radius 1 is 1.38 bits per heavy atom. The van der Waals surface area contributed by atoms with Gasteiger partial charge in [0.25, 0.3) is 0 Å². The Kier molecular flexibility index (Phi) is 3.81. The largest absolute Gasteiger partial charge is 0.504 e. The molecule has 1 saturated carbocycles. The van der Waals surface area contributed by atoms with Gasteiger partial charge in [-0.05, 0) is 50.3 Å². The van der Waals surface area contributed by atoms with Crippen LogP contribution >= 0.6 is 0 Å². The van der Waals surface area contributed by atoms with E-state index in [1.165, 1.54) is 0 Å². The molecule has 0 aromatic heterocycles. The second kappa shape index (κ2) is 5.98. The van der Waals surface area contributed by atoms with Crippen LogP contribution in [0.3, 0.4) is 0 Å². The molecule has 2 fully saturated rings. The van der Waals surface area contributed by atoms with Crippen LogP contribution in [0.4, 0.5) is 4.79 Å². The van der Waals surface area contributed by atoms with Gasteiger partial charge in [0.2, 0.25) is 0 Å². The maximum absolute atomic E-state index is 12.8. The molecule has 154 valence electrons. The van der Waals surface area contributed by atoms with Crippen molar-refractivity contribution in [1.29, 1.82) is 0 Å². The van der Waals surface area contributed by atoms with Crippen molar-refractivity contribution >= 4 is 11.9 Å². The third kappa shape index (κ3) is 2.34. The molecule has 1 unspecified atom stereocenters. The molecule has 2 aliphatic carbocycles. The molecule has 5 rings (SSSR count). The van der Waals surface area contributed by atoms with Gasteiger partial charge >= 0.3 is 6.09 Å². The fraction of sp³-hybridized carbons (Fsp3) is 0.545. The number of fused-ring (bicyclic) bond motifs is 1. The van der Waals surface area contributed by atoms with E-state index in [1.807, 2.05) is 19.9 Å². The Hall–Kier alpha value is -2.54. The molecule has 0 radical (unpaired) electrons. The third-order valence-electron chi connectivity index (χ3n) is 7.31. The number of hydrogen-bond donors (Lipinski definition) is 2. The molecule has 7 heteroatoms. The Morgan fingerprint density at radius 3 is 2.86 bits per heavy atom. The number of hydrogen-bond acceptors (Lipinski definition) is 6. The number of nitrogens with zero attached hydrogens (tertiary/aromatic N) is 1. The number of carbonyl (C=O) groups is 2. The van der Waals surface area contributed by atoms with Gasteiger partial charge in [-0.15, -0.1) is 0 Å². The van der Waals surface area contributed by atoms with Gasteiger partial charge in [0.1, 0.15) is 6.61 Å². The summed E-state index contributed by atoms with van der Waals surface area (Å²) in [5.41, 5.74) is 0.297. The highest BCUT2D eigenvalue weighted by Gasteiger charge is 2.71. The van der Waals surface area contributed by atoms with Crippen LogP contribution < -0.4 is 4.74 Å². The number of piperidine rings is 1. The van der Waals surface area contributed by atoms with E-state index in [1.54, 1.807) is 17.0 Å². The summed E-state index contributed by atoms with van der Waals surface area (Å²) in [5, 5.41) is 22.4. The number of allylic oxidation sites excluding steroid dienone is 1. The van der Waals surface area contributed by atoms with Gasteiger partial charge in [-0.2, -0.15) is 0 Å². The lowest BCUT2D eigenvalue weighted by atomic mass is 9.52. The average molecular weight is 399 g/mol. The Morgan fingerprint density at radius 2 is 2.14 bits per heavy atom. The molecule has 4 aliphatic rings. The van der Waals surface area contributed by atoms with E-state index < -0.39 is 29.3 Å². The summed E-state index contributed by atoms with van der Waals surface area (Å²) in [6.45, 7) is 4.32. The first-order chi connectivity index (χ1) is 13.8. The molecule has 2 aliphatic heterocycles. The zero-order chi connectivity index (χ0) is 20.6. The van der Waals surface area contributed by atoms with Crippen LogP contribution in [0.5, 0.6) is 11.5 Å². The maximum Gasteiger partial charge on any atom is 0.410 e. The van der Waals surface area contributed by atoms with E-state index in [0.717, 1.165) is 17.6 Å². The van der Waals surface area contributed by atoms with Gasteiger partial charge in [0.05, 0.1) is 17.1 Å². The minimum absolute atomic E-state index is 0.0308. The summed E-state index contributed by atoms with van der Waals surface area (Å²) in [6, 6.07) is 2.76. The maximum atomic E-state index is 12.8. The number of phenolic OH excluding ortho intramolecular Hbond substituents is 1. The number of aromatic hydroxyl groups is 1. The SMILES string of the molecule is Cc1ccc(O)c2c1[C@]13CCN(C(=O)OCC4=CC4)[C@H](C)C1(O)CCC(=O)[C@@H]3O2. The van der Waals surface area contributed by atoms with Crippen molar-refractivity contribution < 1.29 is 29.3 Å². The normalized spacial score (nSPS) is 34.5. The van der Waals surface area contributed by atoms with Crippen LogP contribution in [0, 0.1) is 6.92 Å². The number of rotatable bonds is 2. The van der Waals surface area contributed by atoms with E-state index in [9.17, 15) is 19.8 Å². The molecular weight excluding hydrogens is 374 g/mol. The molecule has 1 amide bonds. The van der Waals surface area contributed by atoms with Crippen LogP contribution in [0.15, 0.2) is 23.8 Å². The summed E-state index contributed by atoms with van der Waals surface area (Å²) in [7, 11) is 0. The molecule has 0 bridgehead atoms. The van der Waals surface area contributed by atoms with Crippen molar-refractivity contribution in [3.8, 4) is 11.5 Å². The zero-order valence-electron chi connectivity index (χ0n) is 16.6. The van der Waals surface area contributed by atoms with Crippen LogP contribution in [0.2, 0.25) is 0 Å². The van der Waals surface area contributed by atoms with Crippen LogP contribution in [-0.2, 0) is 14.9 Å². The fourth-order valence-electron chi connectivity index (χ4n) is 5.62. The summed E-state index contributed by atoms with van der Waals surface area (Å²) in [4.78, 5) is 27.1. The Labute approximate surface area is 168 Å². The molecule has 29 heavy (non-hydrogen) atoms. The van der Waals surface area contributed by atoms with Crippen molar-refractivity contribution in [1.82, 2.24) is 4.90 Å². The summed E-state index contributed by atoms with van der Waals surface area (Å²) < 4.78 is 11.4. The van der Waals surface area contributed by atoms with E-state index >= 15 is 0 Å². The average Bonchev–Trinajstić information content (AvgIpc) is 3.45. The number of benzene rings is 1. The van der Waals surface area contributed by atoms with Gasteiger partial charge in [0, 0.05) is 18.5 Å². The number of likely N-dealkylation sites (tertiary alicyclic amines) is 1. The van der Waals surface area contributed by atoms with Gasteiger partial charge in [-0.3, -0.25) is 4.79 Å². The highest BCUT2D eigenvalue weighted by molar-refractivity contribution is 5.89. The lowest BCUT2D eigenvalue weighted by molar-refractivity contribution is -0.177. The topological polar surface area (TPSA) is 96.3 Å². The highest BCUT2D eigenvalue weighted by Crippen LogP contribution is 2.61. The Bertz CT molecular complexity index is 955. The number of Topliss-reactive ketones (excluding diaryl/α,β-unsaturated/α-hetero) is 1. The smallest absolute Gasteiger partial charge is 0.410 e. The van der Waals surface area contributed by atoms with Gasteiger partial charge < -0.3 is 24.6 Å². The summed E-state index contributed by atoms with van der Waals surface area (Å²) in [6.07, 6.45) is 2.34. The van der Waals surface area contributed by atoms with Gasteiger partial charge in [-0.1, -0.05) is 12.1 Å². The van der Waals surface area contributed by atoms with Crippen molar-refractivity contribution in [3.05, 3.63) is 34.9 Å². The first-order valence-electron chi connectivity index (χ1n) is 10.2. The minimum Gasteiger partial charge on any atom is -0.504 e. The van der Waals surface area contributed by atoms with Crippen molar-refractivity contribution in [2.75, 3.05) is 13.2 Å². The van der Waals surface area contributed by atoms with Gasteiger partial charge in [0.15, 0.2) is 23.4 Å². The molecule has 1 aromatic rings. The number of ketones is 1. The fourth-order valence-corrected chi connectivity index (χ4v) is 5.62. The monoisotopic (exact) mass is 399 g/mol. The van der Waals surface area contributed by atoms with E-state index in [0.29, 0.717) is 18.5 Å². The molecule has 2 heterocycles. The number of amides is 1. The first-order valence-corrected chi connectivity index (χ1v) is 10.2. The molecule has 2 N–H and O–H groups in total. The molecule has 1 saturated heterocycles. The number of ether oxygens (including phenoxy) is 2. The van der Waals surface area contributed by atoms with Crippen LogP contribution in [0.25, 0.3) is 0 Å². The van der Waals surface area contributed by atoms with E-state index in [-0.39, 0.29) is 36.7 Å². The highest BCUT2D eigenvalue weighted by atomic mass is 16.6. The quantitative estimate of drug-likeness (QED) is 0.741. The van der Waals surface area contributed by atoms with Crippen LogP contribution in [0.1, 0.15) is 43.7 Å². The lowest BCUT2D eigenvalue weighted by Crippen LogP contribution is -2.74. The predicted octanol–water partition coefficient (Wildman–Crippen LogP) is 2.35. The number of aliphatic hydroxyl groups is 1. The number of aryl methyl sites for hydroxylation is 1. The van der Waals surface area contributed by atoms with Gasteiger partial charge in [-0.25, -0.2) is 4.79 Å². The molecular formula is C22H25NO6. The summed E-state index contributed by atoms with van der Waals surface area (Å²) in [5.74, 6) is 0.179. The number of carbonyl (C=O) groups excluding carboxylic acids is 2. The van der Waals surface area contributed by atoms with Crippen molar-refractivity contribution in [2.45, 2.75) is 62.7 Å². The van der Waals surface area contributed by atoms with Crippen molar-refractivity contribution in [3.63, 3.8) is 0 Å². The van der Waals surface area contributed by atoms with E-state index in [2.05, 4.69) is 0 Å². The lowest BCUT2D eigenvalue weighted by Gasteiger charge is -2.58. The molecule has 7 nitrogen and oxygen atoms in total. The van der Waals surface area contributed by atoms with Crippen LogP contribution in [-0.4, -0.2) is 57.9 Å². The Balaban J connectivity index is 1.57. The molecule has 1 aromatic carbocycles. The first kappa shape index (κ1) is 18.5. The van der Waals surface area contributed by atoms with Crippen molar-refractivity contribution in [2.24, 2.45) is 0 Å². The third-order valence-corrected chi connectivity index (χ3v) is 7.31. The van der Waals surface area contributed by atoms with E-state index in [4.69, 9.17) is 9.47 Å².